The molecule has 4 aromatic rings. The van der Waals surface area contributed by atoms with Gasteiger partial charge in [0.25, 0.3) is 0 Å². The highest BCUT2D eigenvalue weighted by Crippen LogP contribution is 2.68. The normalized spacial score (nSPS) is 27.5. The van der Waals surface area contributed by atoms with Crippen LogP contribution in [0.3, 0.4) is 0 Å². The van der Waals surface area contributed by atoms with E-state index in [9.17, 15) is 0 Å². The molecule has 0 radical (unpaired) electrons. The van der Waals surface area contributed by atoms with Crippen molar-refractivity contribution in [3.05, 3.63) is 60.0 Å². The van der Waals surface area contributed by atoms with Crippen LogP contribution in [0.1, 0.15) is 24.2 Å². The Labute approximate surface area is 195 Å². The molecule has 168 valence electrons. The molecule has 2 saturated carbocycles. The third-order valence-electron chi connectivity index (χ3n) is 7.81. The zero-order valence-corrected chi connectivity index (χ0v) is 19.2. The van der Waals surface area contributed by atoms with Gasteiger partial charge in [-0.1, -0.05) is 30.3 Å². The molecule has 1 aliphatic heterocycles. The van der Waals surface area contributed by atoms with Crippen molar-refractivity contribution in [2.24, 2.45) is 17.3 Å². The Balaban J connectivity index is 1.09. The van der Waals surface area contributed by atoms with Gasteiger partial charge in [0.2, 0.25) is 11.1 Å². The standard InChI is InChI=1S/C24H25N7OS/c1-15-25-23(33-29-15)30-12-18-20(17-9-10-24(17,18)14-30)26-22-27-21-19(8-5-11-31(21)28-22)32-13-16-6-3-2-4-7-16/h2-8,11,17-18,20H,9-10,12-14H2,1H3,(H,26,28)/t17-,18-,20?,24?/m1/s1. The maximum absolute atomic E-state index is 6.08. The van der Waals surface area contributed by atoms with Crippen molar-refractivity contribution in [2.75, 3.05) is 23.3 Å². The van der Waals surface area contributed by atoms with Gasteiger partial charge in [-0.3, -0.25) is 0 Å². The van der Waals surface area contributed by atoms with Crippen LogP contribution >= 0.6 is 11.5 Å². The molecule has 1 aromatic carbocycles. The molecule has 7 rings (SSSR count). The number of pyridine rings is 1. The van der Waals surface area contributed by atoms with Crippen LogP contribution in [-0.4, -0.2) is 43.1 Å². The molecule has 4 atom stereocenters. The molecule has 0 amide bonds. The van der Waals surface area contributed by atoms with Crippen LogP contribution < -0.4 is 15.0 Å². The lowest BCUT2D eigenvalue weighted by molar-refractivity contribution is -0.117. The number of fused-ring (bicyclic) bond motifs is 1. The van der Waals surface area contributed by atoms with Crippen molar-refractivity contribution in [1.82, 2.24) is 24.0 Å². The molecule has 0 bridgehead atoms. The third kappa shape index (κ3) is 2.95. The second-order valence-electron chi connectivity index (χ2n) is 9.51. The van der Waals surface area contributed by atoms with Gasteiger partial charge in [0.15, 0.2) is 11.4 Å². The maximum atomic E-state index is 6.08. The average molecular weight is 460 g/mol. The first-order chi connectivity index (χ1) is 16.2. The molecule has 1 saturated heterocycles. The lowest BCUT2D eigenvalue weighted by Gasteiger charge is -2.65. The van der Waals surface area contributed by atoms with E-state index in [1.807, 2.05) is 43.5 Å². The largest absolute Gasteiger partial charge is 0.485 e. The summed E-state index contributed by atoms with van der Waals surface area (Å²) in [6.07, 6.45) is 4.51. The number of hydrogen-bond donors (Lipinski definition) is 1. The number of nitrogens with one attached hydrogen (secondary N) is 1. The van der Waals surface area contributed by atoms with Crippen molar-refractivity contribution in [1.29, 1.82) is 0 Å². The van der Waals surface area contributed by atoms with Gasteiger partial charge in [0.1, 0.15) is 12.4 Å². The number of anilines is 2. The van der Waals surface area contributed by atoms with Gasteiger partial charge in [-0.05, 0) is 48.8 Å². The van der Waals surface area contributed by atoms with Crippen LogP contribution in [0.5, 0.6) is 5.75 Å². The summed E-state index contributed by atoms with van der Waals surface area (Å²) < 4.78 is 12.3. The predicted molar refractivity (Wildman–Crippen MR) is 127 cm³/mol. The van der Waals surface area contributed by atoms with Gasteiger partial charge in [0.05, 0.1) is 0 Å². The molecule has 9 heteroatoms. The second-order valence-corrected chi connectivity index (χ2v) is 10.2. The van der Waals surface area contributed by atoms with Crippen LogP contribution in [0.2, 0.25) is 0 Å². The number of nitrogens with zero attached hydrogens (tertiary/aromatic N) is 6. The summed E-state index contributed by atoms with van der Waals surface area (Å²) in [6, 6.07) is 14.5. The summed E-state index contributed by atoms with van der Waals surface area (Å²) in [7, 11) is 0. The minimum absolute atomic E-state index is 0.406. The number of ether oxygens (including phenoxy) is 1. The molecule has 4 heterocycles. The SMILES string of the molecule is Cc1nsc(N2C[C@@H]3C(Nc4nc5c(OCc6ccccc6)cccn5n4)[C@H]4CCC43C2)n1. The quantitative estimate of drug-likeness (QED) is 0.470. The third-order valence-corrected chi connectivity index (χ3v) is 8.68. The first kappa shape index (κ1) is 19.3. The van der Waals surface area contributed by atoms with Crippen molar-refractivity contribution < 1.29 is 4.74 Å². The summed E-state index contributed by atoms with van der Waals surface area (Å²) >= 11 is 1.52. The van der Waals surface area contributed by atoms with E-state index in [1.165, 1.54) is 24.4 Å². The van der Waals surface area contributed by atoms with E-state index in [-0.39, 0.29) is 0 Å². The van der Waals surface area contributed by atoms with Gasteiger partial charge in [-0.25, -0.2) is 9.50 Å². The molecule has 2 aliphatic carbocycles. The highest BCUT2D eigenvalue weighted by Gasteiger charge is 2.70. The van der Waals surface area contributed by atoms with Crippen molar-refractivity contribution in [3.8, 4) is 5.75 Å². The lowest BCUT2D eigenvalue weighted by Crippen LogP contribution is -2.68. The van der Waals surface area contributed by atoms with E-state index in [2.05, 4.69) is 31.7 Å². The molecule has 2 unspecified atom stereocenters. The Kier molecular flexibility index (Phi) is 4.18. The Morgan fingerprint density at radius 1 is 1.15 bits per heavy atom. The molecule has 3 aliphatic rings. The van der Waals surface area contributed by atoms with Gasteiger partial charge in [-0.15, -0.1) is 5.10 Å². The Morgan fingerprint density at radius 2 is 2.06 bits per heavy atom. The summed E-state index contributed by atoms with van der Waals surface area (Å²) in [5, 5.41) is 9.45. The van der Waals surface area contributed by atoms with E-state index in [0.717, 1.165) is 41.0 Å². The highest BCUT2D eigenvalue weighted by molar-refractivity contribution is 7.09. The Morgan fingerprint density at radius 3 is 2.85 bits per heavy atom. The summed E-state index contributed by atoms with van der Waals surface area (Å²) in [5.41, 5.74) is 2.30. The van der Waals surface area contributed by atoms with Gasteiger partial charge >= 0.3 is 0 Å². The molecular formula is C24H25N7OS. The summed E-state index contributed by atoms with van der Waals surface area (Å²) in [6.45, 7) is 4.60. The Bertz CT molecular complexity index is 1320. The predicted octanol–water partition coefficient (Wildman–Crippen LogP) is 3.80. The minimum atomic E-state index is 0.406. The van der Waals surface area contributed by atoms with Crippen LogP contribution in [0.15, 0.2) is 48.7 Å². The van der Waals surface area contributed by atoms with E-state index in [1.54, 1.807) is 4.52 Å². The Hall–Kier alpha value is -3.20. The first-order valence-corrected chi connectivity index (χ1v) is 12.3. The smallest absolute Gasteiger partial charge is 0.243 e. The molecule has 8 nitrogen and oxygen atoms in total. The van der Waals surface area contributed by atoms with Gasteiger partial charge in [0, 0.05) is 42.8 Å². The number of rotatable bonds is 6. The highest BCUT2D eigenvalue weighted by atomic mass is 32.1. The number of aromatic nitrogens is 5. The van der Waals surface area contributed by atoms with E-state index >= 15 is 0 Å². The maximum Gasteiger partial charge on any atom is 0.243 e. The van der Waals surface area contributed by atoms with Crippen LogP contribution in [0.4, 0.5) is 11.1 Å². The van der Waals surface area contributed by atoms with Gasteiger partial charge in [-0.2, -0.15) is 9.36 Å². The molecule has 1 spiro atoms. The van der Waals surface area contributed by atoms with Crippen molar-refractivity contribution in [3.63, 3.8) is 0 Å². The first-order valence-electron chi connectivity index (χ1n) is 11.5. The van der Waals surface area contributed by atoms with Crippen LogP contribution in [0.25, 0.3) is 5.65 Å². The second kappa shape index (κ2) is 7.15. The van der Waals surface area contributed by atoms with E-state index < -0.39 is 0 Å². The molecule has 33 heavy (non-hydrogen) atoms. The van der Waals surface area contributed by atoms with E-state index in [4.69, 9.17) is 14.8 Å². The van der Waals surface area contributed by atoms with Crippen LogP contribution in [0, 0.1) is 24.2 Å². The van der Waals surface area contributed by atoms with E-state index in [0.29, 0.717) is 35.8 Å². The number of hydrogen-bond acceptors (Lipinski definition) is 8. The molecule has 3 fully saturated rings. The van der Waals surface area contributed by atoms with Crippen molar-refractivity contribution in [2.45, 2.75) is 32.4 Å². The van der Waals surface area contributed by atoms with Crippen LogP contribution in [-0.2, 0) is 6.61 Å². The fraction of sp³-hybridized carbons (Fsp3) is 0.417. The van der Waals surface area contributed by atoms with Crippen molar-refractivity contribution >= 4 is 28.3 Å². The number of benzene rings is 1. The molecular weight excluding hydrogens is 434 g/mol. The summed E-state index contributed by atoms with van der Waals surface area (Å²) in [5.74, 6) is 3.57. The number of aryl methyl sites for hydroxylation is 1. The minimum Gasteiger partial charge on any atom is -0.485 e. The summed E-state index contributed by atoms with van der Waals surface area (Å²) in [4.78, 5) is 11.9. The fourth-order valence-corrected chi connectivity index (χ4v) is 6.85. The molecule has 3 aromatic heterocycles. The monoisotopic (exact) mass is 459 g/mol. The topological polar surface area (TPSA) is 80.5 Å². The average Bonchev–Trinajstić information content (AvgIpc) is 3.53. The molecule has 1 N–H and O–H groups in total. The zero-order valence-electron chi connectivity index (χ0n) is 18.4. The fourth-order valence-electron chi connectivity index (χ4n) is 6.17. The zero-order chi connectivity index (χ0) is 22.0. The van der Waals surface area contributed by atoms with Gasteiger partial charge < -0.3 is 15.0 Å². The lowest BCUT2D eigenvalue weighted by atomic mass is 9.41.